The van der Waals surface area contributed by atoms with Gasteiger partial charge in [-0.2, -0.15) is 0 Å². The lowest BCUT2D eigenvalue weighted by Crippen LogP contribution is -2.09. The van der Waals surface area contributed by atoms with Gasteiger partial charge >= 0.3 is 5.97 Å². The fourth-order valence-electron chi connectivity index (χ4n) is 3.11. The van der Waals surface area contributed by atoms with Gasteiger partial charge < -0.3 is 18.9 Å². The predicted octanol–water partition coefficient (Wildman–Crippen LogP) is 4.68. The molecule has 156 valence electrons. The summed E-state index contributed by atoms with van der Waals surface area (Å²) in [6, 6.07) is 14.9. The van der Waals surface area contributed by atoms with Crippen molar-refractivity contribution in [1.29, 1.82) is 0 Å². The fraction of sp³-hybridized carbons (Fsp3) is 0.0833. The summed E-state index contributed by atoms with van der Waals surface area (Å²) >= 11 is 0. The van der Waals surface area contributed by atoms with E-state index in [2.05, 4.69) is 0 Å². The molecule has 7 heteroatoms. The number of hydrogen-bond acceptors (Lipinski definition) is 6. The number of Topliss-reactive ketones (excluding diaryl/α,β-unsaturated/α-hetero) is 1. The number of fused-ring (bicyclic) bond motifs is 1. The van der Waals surface area contributed by atoms with Gasteiger partial charge in [-0.3, -0.25) is 4.79 Å². The second kappa shape index (κ2) is 8.31. The van der Waals surface area contributed by atoms with Crippen molar-refractivity contribution in [2.24, 2.45) is 0 Å². The number of ether oxygens (including phenoxy) is 4. The van der Waals surface area contributed by atoms with Crippen molar-refractivity contribution in [2.75, 3.05) is 14.2 Å². The average Bonchev–Trinajstić information content (AvgIpc) is 3.07. The summed E-state index contributed by atoms with van der Waals surface area (Å²) in [5, 5.41) is 0. The Kier molecular flexibility index (Phi) is 5.41. The van der Waals surface area contributed by atoms with E-state index in [0.29, 0.717) is 22.6 Å². The molecular weight excluding hydrogens is 403 g/mol. The van der Waals surface area contributed by atoms with Crippen molar-refractivity contribution in [1.82, 2.24) is 0 Å². The van der Waals surface area contributed by atoms with E-state index in [9.17, 15) is 14.0 Å². The van der Waals surface area contributed by atoms with E-state index in [4.69, 9.17) is 18.9 Å². The van der Waals surface area contributed by atoms with Gasteiger partial charge in [0.15, 0.2) is 17.3 Å². The highest BCUT2D eigenvalue weighted by molar-refractivity contribution is 6.14. The van der Waals surface area contributed by atoms with Crippen LogP contribution in [0.15, 0.2) is 66.4 Å². The summed E-state index contributed by atoms with van der Waals surface area (Å²) in [6.45, 7) is 0. The first-order chi connectivity index (χ1) is 15.0. The summed E-state index contributed by atoms with van der Waals surface area (Å²) < 4.78 is 34.8. The Bertz CT molecular complexity index is 1210. The molecule has 0 saturated carbocycles. The lowest BCUT2D eigenvalue weighted by Gasteiger charge is -2.10. The maximum absolute atomic E-state index is 13.4. The van der Waals surface area contributed by atoms with Crippen LogP contribution in [0.25, 0.3) is 6.08 Å². The second-order valence-electron chi connectivity index (χ2n) is 6.61. The minimum atomic E-state index is -0.610. The molecule has 0 spiro atoms. The largest absolute Gasteiger partial charge is 0.493 e. The Morgan fingerprint density at radius 3 is 2.52 bits per heavy atom. The van der Waals surface area contributed by atoms with Crippen molar-refractivity contribution in [3.8, 4) is 23.0 Å². The van der Waals surface area contributed by atoms with E-state index in [1.807, 2.05) is 0 Å². The molecule has 0 saturated heterocycles. The minimum Gasteiger partial charge on any atom is -0.493 e. The molecule has 0 atom stereocenters. The summed E-state index contributed by atoms with van der Waals surface area (Å²) in [7, 11) is 2.97. The van der Waals surface area contributed by atoms with Crippen molar-refractivity contribution in [3.05, 3.63) is 88.9 Å². The van der Waals surface area contributed by atoms with Gasteiger partial charge in [-0.1, -0.05) is 12.1 Å². The Hall–Kier alpha value is -4.13. The van der Waals surface area contributed by atoms with Crippen LogP contribution in [0.5, 0.6) is 23.0 Å². The third-order valence-corrected chi connectivity index (χ3v) is 4.62. The molecule has 4 rings (SSSR count). The van der Waals surface area contributed by atoms with Crippen LogP contribution in [0.4, 0.5) is 4.39 Å². The van der Waals surface area contributed by atoms with Gasteiger partial charge in [-0.15, -0.1) is 0 Å². The molecule has 6 nitrogen and oxygen atoms in total. The zero-order chi connectivity index (χ0) is 22.0. The molecule has 0 unspecified atom stereocenters. The van der Waals surface area contributed by atoms with Gasteiger partial charge in [0, 0.05) is 6.07 Å². The Labute approximate surface area is 177 Å². The zero-order valence-corrected chi connectivity index (χ0v) is 16.7. The van der Waals surface area contributed by atoms with E-state index < -0.39 is 11.8 Å². The van der Waals surface area contributed by atoms with Crippen molar-refractivity contribution in [3.63, 3.8) is 0 Å². The van der Waals surface area contributed by atoms with Crippen LogP contribution in [-0.2, 0) is 0 Å². The van der Waals surface area contributed by atoms with E-state index in [1.54, 1.807) is 24.3 Å². The number of halogens is 1. The lowest BCUT2D eigenvalue weighted by atomic mass is 10.1. The summed E-state index contributed by atoms with van der Waals surface area (Å²) in [6.07, 6.45) is 1.46. The molecule has 1 aliphatic rings. The molecule has 31 heavy (non-hydrogen) atoms. The maximum Gasteiger partial charge on any atom is 0.343 e. The molecule has 0 bridgehead atoms. The highest BCUT2D eigenvalue weighted by Gasteiger charge is 2.28. The van der Waals surface area contributed by atoms with E-state index in [1.165, 1.54) is 56.7 Å². The van der Waals surface area contributed by atoms with E-state index >= 15 is 0 Å². The van der Waals surface area contributed by atoms with Crippen LogP contribution in [0.1, 0.15) is 26.3 Å². The van der Waals surface area contributed by atoms with Crippen molar-refractivity contribution in [2.45, 2.75) is 0 Å². The van der Waals surface area contributed by atoms with Crippen LogP contribution in [0, 0.1) is 5.82 Å². The topological polar surface area (TPSA) is 71.1 Å². The normalized spacial score (nSPS) is 13.5. The summed E-state index contributed by atoms with van der Waals surface area (Å²) in [5.41, 5.74) is 1.09. The van der Waals surface area contributed by atoms with Crippen molar-refractivity contribution >= 4 is 17.8 Å². The molecule has 0 fully saturated rings. The highest BCUT2D eigenvalue weighted by atomic mass is 19.1. The molecule has 0 aliphatic carbocycles. The SMILES string of the molecule is COc1ccc(C(=O)Oc2ccc3c(c2)O/C(=C\c2cccc(F)c2)C3=O)cc1OC. The first-order valence-electron chi connectivity index (χ1n) is 9.26. The number of carbonyl (C=O) groups excluding carboxylic acids is 2. The zero-order valence-electron chi connectivity index (χ0n) is 16.7. The van der Waals surface area contributed by atoms with Gasteiger partial charge in [0.1, 0.15) is 17.3 Å². The highest BCUT2D eigenvalue weighted by Crippen LogP contribution is 2.35. The maximum atomic E-state index is 13.4. The fourth-order valence-corrected chi connectivity index (χ4v) is 3.11. The Morgan fingerprint density at radius 1 is 0.968 bits per heavy atom. The standard InChI is InChI=1S/C24H17FO6/c1-28-19-9-6-15(12-21(19)29-2)24(27)30-17-7-8-18-20(13-17)31-22(23(18)26)11-14-4-3-5-16(25)10-14/h3-13H,1-2H3/b22-11-. The average molecular weight is 420 g/mol. The first kappa shape index (κ1) is 20.2. The molecule has 0 radical (unpaired) electrons. The number of ketones is 1. The van der Waals surface area contributed by atoms with Crippen LogP contribution < -0.4 is 18.9 Å². The molecule has 1 aliphatic heterocycles. The number of carbonyl (C=O) groups is 2. The van der Waals surface area contributed by atoms with Gasteiger partial charge in [-0.25, -0.2) is 9.18 Å². The quantitative estimate of drug-likeness (QED) is 0.339. The third kappa shape index (κ3) is 4.11. The van der Waals surface area contributed by atoms with E-state index in [0.717, 1.165) is 0 Å². The van der Waals surface area contributed by atoms with Crippen LogP contribution >= 0.6 is 0 Å². The molecule has 3 aromatic rings. The molecule has 3 aromatic carbocycles. The van der Waals surface area contributed by atoms with Gasteiger partial charge in [0.2, 0.25) is 5.78 Å². The number of esters is 1. The minimum absolute atomic E-state index is 0.0592. The Morgan fingerprint density at radius 2 is 1.77 bits per heavy atom. The number of methoxy groups -OCH3 is 2. The van der Waals surface area contributed by atoms with Gasteiger partial charge in [0.25, 0.3) is 0 Å². The molecule has 0 N–H and O–H groups in total. The lowest BCUT2D eigenvalue weighted by molar-refractivity contribution is 0.0734. The monoisotopic (exact) mass is 420 g/mol. The number of allylic oxidation sites excluding steroid dienone is 1. The number of benzene rings is 3. The second-order valence-corrected chi connectivity index (χ2v) is 6.61. The summed E-state index contributed by atoms with van der Waals surface area (Å²) in [4.78, 5) is 25.1. The van der Waals surface area contributed by atoms with E-state index in [-0.39, 0.29) is 28.6 Å². The number of rotatable bonds is 5. The predicted molar refractivity (Wildman–Crippen MR) is 110 cm³/mol. The third-order valence-electron chi connectivity index (χ3n) is 4.62. The van der Waals surface area contributed by atoms with Crippen LogP contribution in [0.2, 0.25) is 0 Å². The molecule has 0 aromatic heterocycles. The van der Waals surface area contributed by atoms with Crippen molar-refractivity contribution < 1.29 is 32.9 Å². The van der Waals surface area contributed by atoms with Crippen LogP contribution in [-0.4, -0.2) is 26.0 Å². The molecule has 0 amide bonds. The van der Waals surface area contributed by atoms with Gasteiger partial charge in [-0.05, 0) is 54.1 Å². The van der Waals surface area contributed by atoms with Crippen LogP contribution in [0.3, 0.4) is 0 Å². The van der Waals surface area contributed by atoms with Gasteiger partial charge in [0.05, 0.1) is 25.3 Å². The first-order valence-corrected chi connectivity index (χ1v) is 9.26. The molecular formula is C24H17FO6. The Balaban J connectivity index is 1.54. The molecule has 1 heterocycles. The smallest absolute Gasteiger partial charge is 0.343 e. The number of hydrogen-bond donors (Lipinski definition) is 0. The summed E-state index contributed by atoms with van der Waals surface area (Å²) in [5.74, 6) is 0.0418.